The molecule has 13 heteroatoms. The normalized spacial score (nSPS) is 14.7. The Hall–Kier alpha value is -2.38. The van der Waals surface area contributed by atoms with Gasteiger partial charge in [-0.1, -0.05) is 13.8 Å². The molecule has 0 spiro atoms. The van der Waals surface area contributed by atoms with E-state index in [0.29, 0.717) is 19.4 Å². The van der Waals surface area contributed by atoms with Gasteiger partial charge in [0.1, 0.15) is 18.1 Å². The Balaban J connectivity index is 5.41. The predicted molar refractivity (Wildman–Crippen MR) is 120 cm³/mol. The smallest absolute Gasteiger partial charge is 0.326 e. The van der Waals surface area contributed by atoms with Crippen molar-refractivity contribution >= 4 is 42.3 Å². The van der Waals surface area contributed by atoms with Crippen molar-refractivity contribution in [2.45, 2.75) is 70.1 Å². The van der Waals surface area contributed by atoms with Crippen LogP contribution in [0.25, 0.3) is 0 Å². The maximum Gasteiger partial charge on any atom is 0.326 e. The number of carboxylic acids is 2. The lowest BCUT2D eigenvalue weighted by Gasteiger charge is -2.26. The first-order valence-electron chi connectivity index (χ1n) is 10.4. The van der Waals surface area contributed by atoms with Crippen LogP contribution in [-0.2, 0) is 24.0 Å². The molecule has 0 aromatic rings. The van der Waals surface area contributed by atoms with Gasteiger partial charge in [0.25, 0.3) is 0 Å². The summed E-state index contributed by atoms with van der Waals surface area (Å²) >= 11 is 3.94. The SMILES string of the molecule is CC(C)C(NC(=O)C(N)CS)C(=O)NC(CCC(=O)O)C(=O)NC(CCCCN)C(=O)O. The summed E-state index contributed by atoms with van der Waals surface area (Å²) in [5, 5.41) is 25.6. The highest BCUT2D eigenvalue weighted by atomic mass is 32.1. The summed E-state index contributed by atoms with van der Waals surface area (Å²) in [5.74, 6) is -4.93. The fourth-order valence-corrected chi connectivity index (χ4v) is 2.86. The molecule has 0 fully saturated rings. The fourth-order valence-electron chi connectivity index (χ4n) is 2.70. The van der Waals surface area contributed by atoms with E-state index in [9.17, 15) is 29.1 Å². The number of carboxylic acid groups (broad SMARTS) is 2. The third-order valence-electron chi connectivity index (χ3n) is 4.62. The number of hydrogen-bond donors (Lipinski definition) is 8. The topological polar surface area (TPSA) is 214 Å². The monoisotopic (exact) mass is 477 g/mol. The van der Waals surface area contributed by atoms with Crippen molar-refractivity contribution in [3.63, 3.8) is 0 Å². The standard InChI is InChI=1S/C19H35N5O7S/c1-10(2)15(24-16(27)11(21)9-32)18(29)22-12(6-7-14(25)26)17(28)23-13(19(30)31)5-3-4-8-20/h10-13,15,32H,3-9,20-21H2,1-2H3,(H,22,29)(H,23,28)(H,24,27)(H,25,26)(H,30,31). The second kappa shape index (κ2) is 15.4. The van der Waals surface area contributed by atoms with Crippen LogP contribution in [0, 0.1) is 5.92 Å². The van der Waals surface area contributed by atoms with E-state index in [1.807, 2.05) is 0 Å². The molecule has 4 unspecified atom stereocenters. The summed E-state index contributed by atoms with van der Waals surface area (Å²) in [6.45, 7) is 3.71. The number of thiol groups is 1. The Morgan fingerprint density at radius 2 is 1.47 bits per heavy atom. The minimum atomic E-state index is -1.31. The zero-order valence-corrected chi connectivity index (χ0v) is 19.3. The molecule has 0 aromatic heterocycles. The first kappa shape index (κ1) is 29.6. The molecule has 0 radical (unpaired) electrons. The van der Waals surface area contributed by atoms with E-state index >= 15 is 0 Å². The fraction of sp³-hybridized carbons (Fsp3) is 0.737. The van der Waals surface area contributed by atoms with Gasteiger partial charge in [0, 0.05) is 12.2 Å². The molecule has 3 amide bonds. The summed E-state index contributed by atoms with van der Waals surface area (Å²) in [6.07, 6.45) is 0.462. The summed E-state index contributed by atoms with van der Waals surface area (Å²) in [6, 6.07) is -4.52. The molecule has 9 N–H and O–H groups in total. The van der Waals surface area contributed by atoms with Crippen molar-refractivity contribution in [1.29, 1.82) is 0 Å². The number of aliphatic carboxylic acids is 2. The highest BCUT2D eigenvalue weighted by Crippen LogP contribution is 2.07. The molecule has 0 saturated carbocycles. The van der Waals surface area contributed by atoms with E-state index in [1.165, 1.54) is 0 Å². The van der Waals surface area contributed by atoms with Gasteiger partial charge in [0.05, 0.1) is 6.04 Å². The van der Waals surface area contributed by atoms with E-state index < -0.39 is 60.2 Å². The molecule has 0 aromatic carbocycles. The summed E-state index contributed by atoms with van der Waals surface area (Å²) < 4.78 is 0. The average molecular weight is 478 g/mol. The summed E-state index contributed by atoms with van der Waals surface area (Å²) in [7, 11) is 0. The van der Waals surface area contributed by atoms with Crippen LogP contribution in [0.2, 0.25) is 0 Å². The minimum absolute atomic E-state index is 0.0582. The molecular weight excluding hydrogens is 442 g/mol. The Labute approximate surface area is 192 Å². The molecular formula is C19H35N5O7S. The molecule has 0 rings (SSSR count). The first-order chi connectivity index (χ1) is 14.9. The van der Waals surface area contributed by atoms with Crippen LogP contribution in [0.1, 0.15) is 46.0 Å². The third-order valence-corrected chi connectivity index (χ3v) is 5.02. The zero-order chi connectivity index (χ0) is 24.8. The first-order valence-corrected chi connectivity index (χ1v) is 11.0. The van der Waals surface area contributed by atoms with Crippen molar-refractivity contribution in [2.24, 2.45) is 17.4 Å². The van der Waals surface area contributed by atoms with Gasteiger partial charge in [0.15, 0.2) is 0 Å². The minimum Gasteiger partial charge on any atom is -0.481 e. The predicted octanol–water partition coefficient (Wildman–Crippen LogP) is -1.57. The Bertz CT molecular complexity index is 662. The lowest BCUT2D eigenvalue weighted by atomic mass is 10.0. The highest BCUT2D eigenvalue weighted by molar-refractivity contribution is 7.80. The second-order valence-electron chi connectivity index (χ2n) is 7.70. The van der Waals surface area contributed by atoms with Crippen molar-refractivity contribution in [1.82, 2.24) is 16.0 Å². The van der Waals surface area contributed by atoms with Gasteiger partial charge >= 0.3 is 11.9 Å². The Morgan fingerprint density at radius 1 is 0.875 bits per heavy atom. The highest BCUT2D eigenvalue weighted by Gasteiger charge is 2.31. The summed E-state index contributed by atoms with van der Waals surface area (Å²) in [5.41, 5.74) is 11.0. The number of rotatable bonds is 16. The van der Waals surface area contributed by atoms with Gasteiger partial charge in [0.2, 0.25) is 17.7 Å². The van der Waals surface area contributed by atoms with Crippen molar-refractivity contribution in [2.75, 3.05) is 12.3 Å². The largest absolute Gasteiger partial charge is 0.481 e. The maximum absolute atomic E-state index is 12.8. The van der Waals surface area contributed by atoms with Crippen LogP contribution in [0.3, 0.4) is 0 Å². The molecule has 0 saturated heterocycles. The molecule has 32 heavy (non-hydrogen) atoms. The van der Waals surface area contributed by atoms with E-state index in [2.05, 4.69) is 28.6 Å². The van der Waals surface area contributed by atoms with Crippen molar-refractivity contribution in [3.05, 3.63) is 0 Å². The van der Waals surface area contributed by atoms with E-state index in [-0.39, 0.29) is 24.5 Å². The number of carbonyl (C=O) groups excluding carboxylic acids is 3. The maximum atomic E-state index is 12.8. The van der Waals surface area contributed by atoms with E-state index in [0.717, 1.165) is 0 Å². The van der Waals surface area contributed by atoms with Crippen LogP contribution in [0.4, 0.5) is 0 Å². The van der Waals surface area contributed by atoms with Crippen LogP contribution >= 0.6 is 12.6 Å². The molecule has 184 valence electrons. The van der Waals surface area contributed by atoms with E-state index in [4.69, 9.17) is 16.6 Å². The Kier molecular flexibility index (Phi) is 14.3. The molecule has 0 aliphatic heterocycles. The van der Waals surface area contributed by atoms with E-state index in [1.54, 1.807) is 13.8 Å². The van der Waals surface area contributed by atoms with Gasteiger partial charge in [-0.2, -0.15) is 12.6 Å². The number of nitrogens with two attached hydrogens (primary N) is 2. The number of nitrogens with one attached hydrogen (secondary N) is 3. The number of carbonyl (C=O) groups is 5. The van der Waals surface area contributed by atoms with Crippen molar-refractivity contribution < 1.29 is 34.2 Å². The molecule has 0 heterocycles. The van der Waals surface area contributed by atoms with Gasteiger partial charge in [-0.15, -0.1) is 0 Å². The second-order valence-corrected chi connectivity index (χ2v) is 8.06. The zero-order valence-electron chi connectivity index (χ0n) is 18.4. The van der Waals surface area contributed by atoms with Gasteiger partial charge < -0.3 is 37.6 Å². The molecule has 0 aliphatic carbocycles. The van der Waals surface area contributed by atoms with Crippen LogP contribution in [0.15, 0.2) is 0 Å². The van der Waals surface area contributed by atoms with Gasteiger partial charge in [-0.3, -0.25) is 19.2 Å². The molecule has 0 aliphatic rings. The number of amides is 3. The van der Waals surface area contributed by atoms with Crippen LogP contribution < -0.4 is 27.4 Å². The van der Waals surface area contributed by atoms with Crippen LogP contribution in [-0.4, -0.2) is 76.3 Å². The van der Waals surface area contributed by atoms with Crippen LogP contribution in [0.5, 0.6) is 0 Å². The van der Waals surface area contributed by atoms with Gasteiger partial charge in [-0.05, 0) is 38.1 Å². The lowest BCUT2D eigenvalue weighted by Crippen LogP contribution is -2.58. The Morgan fingerprint density at radius 3 is 1.94 bits per heavy atom. The van der Waals surface area contributed by atoms with Crippen molar-refractivity contribution in [3.8, 4) is 0 Å². The molecule has 0 bridgehead atoms. The lowest BCUT2D eigenvalue weighted by molar-refractivity contribution is -0.143. The third kappa shape index (κ3) is 11.3. The molecule has 12 nitrogen and oxygen atoms in total. The molecule has 4 atom stereocenters. The average Bonchev–Trinajstić information content (AvgIpc) is 2.72. The van der Waals surface area contributed by atoms with Gasteiger partial charge in [-0.25, -0.2) is 4.79 Å². The number of unbranched alkanes of at least 4 members (excludes halogenated alkanes) is 1. The summed E-state index contributed by atoms with van der Waals surface area (Å²) in [4.78, 5) is 60.0. The quantitative estimate of drug-likeness (QED) is 0.0950. The number of hydrogen-bond acceptors (Lipinski definition) is 8.